The van der Waals surface area contributed by atoms with Crippen LogP contribution < -0.4 is 10.1 Å². The summed E-state index contributed by atoms with van der Waals surface area (Å²) in [5, 5.41) is 12.4. The van der Waals surface area contributed by atoms with Gasteiger partial charge in [-0.3, -0.25) is 4.79 Å². The van der Waals surface area contributed by atoms with E-state index in [4.69, 9.17) is 16.3 Å². The molecule has 0 heterocycles. The molecular weight excluding hydrogens is 440 g/mol. The van der Waals surface area contributed by atoms with Gasteiger partial charge in [0.25, 0.3) is 5.91 Å². The third kappa shape index (κ3) is 6.85. The summed E-state index contributed by atoms with van der Waals surface area (Å²) >= 11 is 6.04. The molecule has 3 rings (SSSR count). The molecule has 0 aromatic heterocycles. The maximum absolute atomic E-state index is 12.4. The molecular formula is C26H25ClN2O4. The number of halogens is 1. The van der Waals surface area contributed by atoms with Gasteiger partial charge in [-0.1, -0.05) is 66.2 Å². The van der Waals surface area contributed by atoms with Crippen LogP contribution in [0.1, 0.15) is 21.5 Å². The second-order valence-electron chi connectivity index (χ2n) is 7.53. The minimum Gasteiger partial charge on any atom is -0.480 e. The summed E-state index contributed by atoms with van der Waals surface area (Å²) in [6, 6.07) is 22.4. The van der Waals surface area contributed by atoms with Crippen molar-refractivity contribution in [2.75, 3.05) is 7.05 Å². The summed E-state index contributed by atoms with van der Waals surface area (Å²) in [4.78, 5) is 26.0. The molecule has 0 aliphatic rings. The zero-order chi connectivity index (χ0) is 23.8. The van der Waals surface area contributed by atoms with E-state index in [9.17, 15) is 14.7 Å². The number of ether oxygens (including phenoxy) is 1. The van der Waals surface area contributed by atoms with E-state index in [1.165, 1.54) is 0 Å². The van der Waals surface area contributed by atoms with E-state index in [0.29, 0.717) is 18.2 Å². The van der Waals surface area contributed by atoms with Crippen LogP contribution in [0.5, 0.6) is 5.75 Å². The molecule has 0 spiro atoms. The van der Waals surface area contributed by atoms with Crippen LogP contribution in [0.3, 0.4) is 0 Å². The number of rotatable bonds is 10. The summed E-state index contributed by atoms with van der Waals surface area (Å²) in [5.41, 5.74) is 2.10. The lowest BCUT2D eigenvalue weighted by Gasteiger charge is -2.22. The zero-order valence-corrected chi connectivity index (χ0v) is 19.0. The van der Waals surface area contributed by atoms with Crippen molar-refractivity contribution >= 4 is 23.5 Å². The van der Waals surface area contributed by atoms with Gasteiger partial charge in [-0.2, -0.15) is 0 Å². The molecule has 0 saturated heterocycles. The van der Waals surface area contributed by atoms with Crippen LogP contribution in [0, 0.1) is 0 Å². The van der Waals surface area contributed by atoms with E-state index < -0.39 is 17.9 Å². The molecule has 0 saturated carbocycles. The first-order valence-electron chi connectivity index (χ1n) is 10.3. The van der Waals surface area contributed by atoms with Crippen molar-refractivity contribution in [3.63, 3.8) is 0 Å². The van der Waals surface area contributed by atoms with E-state index in [1.807, 2.05) is 42.3 Å². The van der Waals surface area contributed by atoms with Crippen molar-refractivity contribution in [1.29, 1.82) is 0 Å². The Morgan fingerprint density at radius 3 is 2.27 bits per heavy atom. The summed E-state index contributed by atoms with van der Waals surface area (Å²) in [5.74, 6) is -0.602. The van der Waals surface area contributed by atoms with Crippen molar-refractivity contribution < 1.29 is 19.4 Å². The van der Waals surface area contributed by atoms with Crippen molar-refractivity contribution in [1.82, 2.24) is 10.2 Å². The Morgan fingerprint density at radius 1 is 1.00 bits per heavy atom. The highest BCUT2D eigenvalue weighted by Gasteiger charge is 2.22. The van der Waals surface area contributed by atoms with Crippen LogP contribution in [0.25, 0.3) is 0 Å². The van der Waals surface area contributed by atoms with Crippen LogP contribution in [0.15, 0.2) is 91.3 Å². The van der Waals surface area contributed by atoms with E-state index in [2.05, 4.69) is 11.9 Å². The standard InChI is InChI=1S/C26H25ClN2O4/c1-18(29(2)17-20-8-4-3-5-9-20)33-21-14-12-19(13-15-21)16-24(26(31)32)28-25(30)22-10-6-7-11-23(22)27/h3-15,24H,1,16-17H2,2H3,(H,28,30)(H,31,32)/t24-/m0/s1. The number of amides is 1. The largest absolute Gasteiger partial charge is 0.480 e. The minimum atomic E-state index is -1.13. The number of hydrogen-bond acceptors (Lipinski definition) is 4. The molecule has 6 nitrogen and oxygen atoms in total. The van der Waals surface area contributed by atoms with Crippen molar-refractivity contribution in [2.24, 2.45) is 0 Å². The van der Waals surface area contributed by atoms with E-state index >= 15 is 0 Å². The van der Waals surface area contributed by atoms with Crippen LogP contribution in [-0.4, -0.2) is 35.0 Å². The Morgan fingerprint density at radius 2 is 1.64 bits per heavy atom. The van der Waals surface area contributed by atoms with Crippen molar-refractivity contribution in [3.8, 4) is 5.75 Å². The number of nitrogens with zero attached hydrogens (tertiary/aromatic N) is 1. The number of carboxylic acids is 1. The molecule has 0 aliphatic heterocycles. The number of carboxylic acid groups (broad SMARTS) is 1. The first-order chi connectivity index (χ1) is 15.8. The lowest BCUT2D eigenvalue weighted by Crippen LogP contribution is -2.42. The molecule has 0 aliphatic carbocycles. The highest BCUT2D eigenvalue weighted by Crippen LogP contribution is 2.19. The molecule has 7 heteroatoms. The number of nitrogens with one attached hydrogen (secondary N) is 1. The smallest absolute Gasteiger partial charge is 0.326 e. The summed E-state index contributed by atoms with van der Waals surface area (Å²) in [6.45, 7) is 4.63. The van der Waals surface area contributed by atoms with Gasteiger partial charge in [0.05, 0.1) is 10.6 Å². The molecule has 170 valence electrons. The van der Waals surface area contributed by atoms with Gasteiger partial charge in [-0.25, -0.2) is 4.79 Å². The van der Waals surface area contributed by atoms with Gasteiger partial charge in [0, 0.05) is 20.0 Å². The van der Waals surface area contributed by atoms with Gasteiger partial charge in [0.15, 0.2) is 5.88 Å². The fraction of sp³-hybridized carbons (Fsp3) is 0.154. The highest BCUT2D eigenvalue weighted by molar-refractivity contribution is 6.33. The summed E-state index contributed by atoms with van der Waals surface area (Å²) < 4.78 is 5.82. The van der Waals surface area contributed by atoms with Gasteiger partial charge >= 0.3 is 5.97 Å². The van der Waals surface area contributed by atoms with Gasteiger partial charge in [0.1, 0.15) is 11.8 Å². The monoisotopic (exact) mass is 464 g/mol. The Hall–Kier alpha value is -3.77. The van der Waals surface area contributed by atoms with Crippen LogP contribution in [0.4, 0.5) is 0 Å². The molecule has 0 bridgehead atoms. The number of carbonyl (C=O) groups excluding carboxylic acids is 1. The molecule has 0 radical (unpaired) electrons. The van der Waals surface area contributed by atoms with Crippen LogP contribution in [0.2, 0.25) is 5.02 Å². The summed E-state index contributed by atoms with van der Waals surface area (Å²) in [7, 11) is 1.89. The second-order valence-corrected chi connectivity index (χ2v) is 7.94. The number of aliphatic carboxylic acids is 1. The zero-order valence-electron chi connectivity index (χ0n) is 18.2. The lowest BCUT2D eigenvalue weighted by molar-refractivity contribution is -0.139. The molecule has 0 unspecified atom stereocenters. The van der Waals surface area contributed by atoms with Gasteiger partial charge < -0.3 is 20.1 Å². The van der Waals surface area contributed by atoms with Crippen LogP contribution >= 0.6 is 11.6 Å². The van der Waals surface area contributed by atoms with Gasteiger partial charge in [0.2, 0.25) is 0 Å². The Bertz CT molecular complexity index is 1120. The third-order valence-electron chi connectivity index (χ3n) is 5.01. The molecule has 3 aromatic carbocycles. The maximum Gasteiger partial charge on any atom is 0.326 e. The normalized spacial score (nSPS) is 11.3. The number of carbonyl (C=O) groups is 2. The van der Waals surface area contributed by atoms with Crippen molar-refractivity contribution in [3.05, 3.63) is 113 Å². The van der Waals surface area contributed by atoms with Crippen molar-refractivity contribution in [2.45, 2.75) is 19.0 Å². The first kappa shape index (κ1) is 23.9. The van der Waals surface area contributed by atoms with E-state index in [-0.39, 0.29) is 17.0 Å². The fourth-order valence-corrected chi connectivity index (χ4v) is 3.39. The SMILES string of the molecule is C=C(Oc1ccc(C[C@H](NC(=O)c2ccccc2Cl)C(=O)O)cc1)N(C)Cc1ccccc1. The molecule has 1 amide bonds. The molecule has 3 aromatic rings. The first-order valence-corrected chi connectivity index (χ1v) is 10.7. The Balaban J connectivity index is 1.58. The Labute approximate surface area is 198 Å². The number of benzene rings is 3. The highest BCUT2D eigenvalue weighted by atomic mass is 35.5. The second kappa shape index (κ2) is 11.2. The molecule has 0 fully saturated rings. The quantitative estimate of drug-likeness (QED) is 0.423. The van der Waals surface area contributed by atoms with E-state index in [0.717, 1.165) is 11.1 Å². The molecule has 33 heavy (non-hydrogen) atoms. The predicted octanol–water partition coefficient (Wildman–Crippen LogP) is 4.75. The fourth-order valence-electron chi connectivity index (χ4n) is 3.17. The van der Waals surface area contributed by atoms with Crippen LogP contribution in [-0.2, 0) is 17.8 Å². The average molecular weight is 465 g/mol. The minimum absolute atomic E-state index is 0.112. The topological polar surface area (TPSA) is 78.9 Å². The lowest BCUT2D eigenvalue weighted by atomic mass is 10.1. The average Bonchev–Trinajstić information content (AvgIpc) is 2.80. The summed E-state index contributed by atoms with van der Waals surface area (Å²) in [6.07, 6.45) is 0.112. The predicted molar refractivity (Wildman–Crippen MR) is 128 cm³/mol. The molecule has 2 N–H and O–H groups in total. The Kier molecular flexibility index (Phi) is 8.11. The van der Waals surface area contributed by atoms with Gasteiger partial charge in [-0.15, -0.1) is 0 Å². The number of hydrogen-bond donors (Lipinski definition) is 2. The van der Waals surface area contributed by atoms with Gasteiger partial charge in [-0.05, 0) is 42.0 Å². The maximum atomic E-state index is 12.4. The molecule has 1 atom stereocenters. The van der Waals surface area contributed by atoms with E-state index in [1.54, 1.807) is 48.5 Å². The third-order valence-corrected chi connectivity index (χ3v) is 5.34.